The molecule has 3 aromatic rings. The number of carbonyl (C=O) groups is 2. The van der Waals surface area contributed by atoms with Crippen molar-refractivity contribution in [2.24, 2.45) is 5.10 Å². The number of halogens is 1. The highest BCUT2D eigenvalue weighted by molar-refractivity contribution is 9.10. The van der Waals surface area contributed by atoms with Gasteiger partial charge in [-0.3, -0.25) is 14.6 Å². The highest BCUT2D eigenvalue weighted by atomic mass is 79.9. The van der Waals surface area contributed by atoms with Crippen LogP contribution in [0.2, 0.25) is 0 Å². The van der Waals surface area contributed by atoms with Gasteiger partial charge in [-0.25, -0.2) is 5.43 Å². The number of hydrogen-bond donors (Lipinski definition) is 2. The molecule has 0 saturated carbocycles. The molecule has 1 heterocycles. The first-order chi connectivity index (χ1) is 14.6. The van der Waals surface area contributed by atoms with E-state index in [-0.39, 0.29) is 12.5 Å². The van der Waals surface area contributed by atoms with Crippen molar-refractivity contribution in [1.82, 2.24) is 15.7 Å². The van der Waals surface area contributed by atoms with E-state index in [0.29, 0.717) is 23.5 Å². The predicted octanol–water partition coefficient (Wildman–Crippen LogP) is 3.30. The van der Waals surface area contributed by atoms with Crippen LogP contribution >= 0.6 is 15.9 Å². The Morgan fingerprint density at radius 3 is 2.60 bits per heavy atom. The molecule has 0 fully saturated rings. The van der Waals surface area contributed by atoms with Gasteiger partial charge in [0.25, 0.3) is 11.8 Å². The van der Waals surface area contributed by atoms with Crippen molar-refractivity contribution in [3.8, 4) is 5.75 Å². The van der Waals surface area contributed by atoms with Crippen LogP contribution in [-0.4, -0.2) is 29.6 Å². The van der Waals surface area contributed by atoms with Gasteiger partial charge in [-0.15, -0.1) is 0 Å². The summed E-state index contributed by atoms with van der Waals surface area (Å²) >= 11 is 3.42. The average molecular weight is 467 g/mol. The van der Waals surface area contributed by atoms with Gasteiger partial charge in [-0.05, 0) is 35.9 Å². The Hall–Kier alpha value is -3.52. The number of aromatic nitrogens is 1. The van der Waals surface area contributed by atoms with Gasteiger partial charge in [0.1, 0.15) is 12.4 Å². The van der Waals surface area contributed by atoms with E-state index in [9.17, 15) is 9.59 Å². The molecule has 1 aromatic heterocycles. The van der Waals surface area contributed by atoms with Crippen molar-refractivity contribution in [1.29, 1.82) is 0 Å². The largest absolute Gasteiger partial charge is 0.488 e. The number of benzene rings is 2. The lowest BCUT2D eigenvalue weighted by Gasteiger charge is -2.10. The molecule has 7 nitrogen and oxygen atoms in total. The maximum Gasteiger partial charge on any atom is 0.259 e. The zero-order valence-corrected chi connectivity index (χ0v) is 17.5. The number of hydrazone groups is 1. The number of nitrogens with one attached hydrogen (secondary N) is 2. The molecule has 0 aliphatic heterocycles. The Bertz CT molecular complexity index is 1030. The Balaban J connectivity index is 1.54. The molecule has 2 amide bonds. The quantitative estimate of drug-likeness (QED) is 0.393. The SMILES string of the molecule is O=C(CNC(=O)c1ccncc1)N/N=C/c1cc(Br)ccc1OCc1ccccc1. The smallest absolute Gasteiger partial charge is 0.259 e. The predicted molar refractivity (Wildman–Crippen MR) is 117 cm³/mol. The van der Waals surface area contributed by atoms with Crippen molar-refractivity contribution in [3.63, 3.8) is 0 Å². The van der Waals surface area contributed by atoms with Crippen LogP contribution in [0.5, 0.6) is 5.75 Å². The standard InChI is InChI=1S/C22H19BrN4O3/c23-19-6-7-20(30-15-16-4-2-1-3-5-16)18(12-19)13-26-27-21(28)14-25-22(29)17-8-10-24-11-9-17/h1-13H,14-15H2,(H,25,29)(H,27,28)/b26-13+. The summed E-state index contributed by atoms with van der Waals surface area (Å²) in [4.78, 5) is 27.7. The van der Waals surface area contributed by atoms with Gasteiger partial charge in [-0.1, -0.05) is 46.3 Å². The summed E-state index contributed by atoms with van der Waals surface area (Å²) in [5.41, 5.74) is 4.56. The Kier molecular flexibility index (Phi) is 7.68. The van der Waals surface area contributed by atoms with E-state index < -0.39 is 5.91 Å². The van der Waals surface area contributed by atoms with E-state index >= 15 is 0 Å². The molecule has 0 unspecified atom stereocenters. The first kappa shape index (κ1) is 21.2. The van der Waals surface area contributed by atoms with Crippen LogP contribution in [0.25, 0.3) is 0 Å². The molecule has 3 rings (SSSR count). The number of hydrogen-bond acceptors (Lipinski definition) is 5. The van der Waals surface area contributed by atoms with E-state index in [1.54, 1.807) is 12.1 Å². The summed E-state index contributed by atoms with van der Waals surface area (Å²) in [6.45, 7) is 0.213. The number of amides is 2. The van der Waals surface area contributed by atoms with Gasteiger partial charge in [-0.2, -0.15) is 5.10 Å². The van der Waals surface area contributed by atoms with E-state index in [0.717, 1.165) is 10.0 Å². The molecule has 0 saturated heterocycles. The third-order valence-electron chi connectivity index (χ3n) is 3.95. The summed E-state index contributed by atoms with van der Waals surface area (Å²) in [6.07, 6.45) is 4.51. The zero-order valence-electron chi connectivity index (χ0n) is 15.9. The first-order valence-electron chi connectivity index (χ1n) is 9.08. The fourth-order valence-electron chi connectivity index (χ4n) is 2.47. The molecule has 2 aromatic carbocycles. The number of pyridine rings is 1. The molecular formula is C22H19BrN4O3. The topological polar surface area (TPSA) is 92.7 Å². The molecule has 0 spiro atoms. The van der Waals surface area contributed by atoms with Gasteiger partial charge in [0.2, 0.25) is 0 Å². The van der Waals surface area contributed by atoms with Crippen LogP contribution < -0.4 is 15.5 Å². The van der Waals surface area contributed by atoms with E-state index in [2.05, 4.69) is 36.8 Å². The monoisotopic (exact) mass is 466 g/mol. The molecular weight excluding hydrogens is 448 g/mol. The van der Waals surface area contributed by atoms with Crippen LogP contribution in [0, 0.1) is 0 Å². The minimum Gasteiger partial charge on any atom is -0.488 e. The van der Waals surface area contributed by atoms with Crippen molar-refractivity contribution in [2.45, 2.75) is 6.61 Å². The molecule has 0 radical (unpaired) electrons. The lowest BCUT2D eigenvalue weighted by molar-refractivity contribution is -0.120. The minimum atomic E-state index is -0.449. The Morgan fingerprint density at radius 2 is 1.83 bits per heavy atom. The van der Waals surface area contributed by atoms with E-state index in [1.807, 2.05) is 48.5 Å². The molecule has 152 valence electrons. The van der Waals surface area contributed by atoms with Crippen molar-refractivity contribution >= 4 is 34.0 Å². The maximum absolute atomic E-state index is 11.9. The van der Waals surface area contributed by atoms with Gasteiger partial charge in [0, 0.05) is 28.0 Å². The van der Waals surface area contributed by atoms with Gasteiger partial charge < -0.3 is 10.1 Å². The third-order valence-corrected chi connectivity index (χ3v) is 4.45. The van der Waals surface area contributed by atoms with Crippen LogP contribution in [0.1, 0.15) is 21.5 Å². The molecule has 2 N–H and O–H groups in total. The molecule has 0 aliphatic rings. The fourth-order valence-corrected chi connectivity index (χ4v) is 2.85. The first-order valence-corrected chi connectivity index (χ1v) is 9.87. The lowest BCUT2D eigenvalue weighted by atomic mass is 10.2. The third kappa shape index (κ3) is 6.52. The van der Waals surface area contributed by atoms with Crippen molar-refractivity contribution in [3.05, 3.63) is 94.2 Å². The fraction of sp³-hybridized carbons (Fsp3) is 0.0909. The van der Waals surface area contributed by atoms with E-state index in [1.165, 1.54) is 18.6 Å². The van der Waals surface area contributed by atoms with Crippen LogP contribution in [0.15, 0.2) is 82.6 Å². The highest BCUT2D eigenvalue weighted by Gasteiger charge is 2.07. The minimum absolute atomic E-state index is 0.200. The second-order valence-electron chi connectivity index (χ2n) is 6.17. The van der Waals surface area contributed by atoms with Crippen molar-refractivity contribution in [2.75, 3.05) is 6.54 Å². The summed E-state index contributed by atoms with van der Waals surface area (Å²) in [5.74, 6) is -0.179. The normalized spacial score (nSPS) is 10.6. The van der Waals surface area contributed by atoms with Gasteiger partial charge in [0.05, 0.1) is 12.8 Å². The number of nitrogens with zero attached hydrogens (tertiary/aromatic N) is 2. The lowest BCUT2D eigenvalue weighted by Crippen LogP contribution is -2.34. The number of carbonyl (C=O) groups excluding carboxylic acids is 2. The Labute approximate surface area is 182 Å². The molecule has 0 aliphatic carbocycles. The Morgan fingerprint density at radius 1 is 1.07 bits per heavy atom. The zero-order chi connectivity index (χ0) is 21.2. The molecule has 0 bridgehead atoms. The maximum atomic E-state index is 11.9. The van der Waals surface area contributed by atoms with Crippen LogP contribution in [-0.2, 0) is 11.4 Å². The molecule has 8 heteroatoms. The van der Waals surface area contributed by atoms with E-state index in [4.69, 9.17) is 4.74 Å². The molecule has 0 atom stereocenters. The number of rotatable bonds is 8. The van der Waals surface area contributed by atoms with Crippen molar-refractivity contribution < 1.29 is 14.3 Å². The highest BCUT2D eigenvalue weighted by Crippen LogP contribution is 2.22. The summed E-state index contributed by atoms with van der Waals surface area (Å²) in [6, 6.07) is 18.5. The van der Waals surface area contributed by atoms with Gasteiger partial charge in [0.15, 0.2) is 0 Å². The van der Waals surface area contributed by atoms with Crippen LogP contribution in [0.4, 0.5) is 0 Å². The summed E-state index contributed by atoms with van der Waals surface area (Å²) in [7, 11) is 0. The second-order valence-corrected chi connectivity index (χ2v) is 7.08. The van der Waals surface area contributed by atoms with Gasteiger partial charge >= 0.3 is 0 Å². The second kappa shape index (κ2) is 10.9. The molecule has 30 heavy (non-hydrogen) atoms. The van der Waals surface area contributed by atoms with Crippen LogP contribution in [0.3, 0.4) is 0 Å². The summed E-state index contributed by atoms with van der Waals surface area (Å²) in [5, 5.41) is 6.48. The average Bonchev–Trinajstić information content (AvgIpc) is 2.78. The number of ether oxygens (including phenoxy) is 1. The summed E-state index contributed by atoms with van der Waals surface area (Å²) < 4.78 is 6.73.